The third-order valence-corrected chi connectivity index (χ3v) is 8.60. The van der Waals surface area contributed by atoms with E-state index < -0.39 is 62.0 Å². The Hall–Kier alpha value is -4.60. The molecule has 3 aromatic rings. The number of carboxylic acids is 1. The summed E-state index contributed by atoms with van der Waals surface area (Å²) in [6, 6.07) is 23.0. The molecule has 3 rings (SSSR count). The largest absolute Gasteiger partial charge is 0.481 e. The minimum absolute atomic E-state index is 0.196. The Morgan fingerprint density at radius 1 is 0.786 bits per heavy atom. The molecule has 0 fully saturated rings. The number of carbonyl (C=O) groups excluding carboxylic acids is 4. The number of ketones is 1. The zero-order chi connectivity index (χ0) is 30.5. The third-order valence-electron chi connectivity index (χ3n) is 6.15. The van der Waals surface area contributed by atoms with Crippen molar-refractivity contribution in [2.75, 3.05) is 13.2 Å². The van der Waals surface area contributed by atoms with E-state index in [0.717, 1.165) is 5.56 Å². The van der Waals surface area contributed by atoms with E-state index in [9.17, 15) is 33.6 Å². The Labute approximate surface area is 243 Å². The lowest BCUT2D eigenvalue weighted by Gasteiger charge is -2.22. The molecule has 0 aliphatic rings. The van der Waals surface area contributed by atoms with Gasteiger partial charge in [0.05, 0.1) is 6.42 Å². The van der Waals surface area contributed by atoms with Crippen LogP contribution in [0.3, 0.4) is 0 Å². The van der Waals surface area contributed by atoms with Crippen molar-refractivity contribution in [3.8, 4) is 0 Å². The Morgan fingerprint density at radius 3 is 1.83 bits per heavy atom. The van der Waals surface area contributed by atoms with Crippen LogP contribution in [0.15, 0.2) is 91.0 Å². The van der Waals surface area contributed by atoms with Gasteiger partial charge in [0, 0.05) is 17.2 Å². The monoisotopic (exact) mass is 593 g/mol. The Bertz CT molecular complexity index is 1390. The predicted molar refractivity (Wildman–Crippen MR) is 156 cm³/mol. The van der Waals surface area contributed by atoms with E-state index in [1.165, 1.54) is 6.92 Å². The van der Waals surface area contributed by atoms with Crippen LogP contribution in [-0.2, 0) is 39.5 Å². The van der Waals surface area contributed by atoms with Gasteiger partial charge in [-0.05, 0) is 43.2 Å². The van der Waals surface area contributed by atoms with Gasteiger partial charge in [-0.1, -0.05) is 66.7 Å². The van der Waals surface area contributed by atoms with Crippen molar-refractivity contribution < 1.29 is 38.2 Å². The number of hydrogen-bond acceptors (Lipinski definition) is 7. The van der Waals surface area contributed by atoms with Crippen LogP contribution in [0.1, 0.15) is 18.9 Å². The molecule has 12 heteroatoms. The van der Waals surface area contributed by atoms with Crippen LogP contribution >= 0.6 is 7.37 Å². The molecule has 2 atom stereocenters. The summed E-state index contributed by atoms with van der Waals surface area (Å²) in [6.45, 7) is 0.716. The van der Waals surface area contributed by atoms with E-state index in [0.29, 0.717) is 17.0 Å². The summed E-state index contributed by atoms with van der Waals surface area (Å²) in [7, 11) is -3.75. The van der Waals surface area contributed by atoms with Gasteiger partial charge in [0.1, 0.15) is 18.7 Å². The number of carboxylic acid groups (broad SMARTS) is 1. The maximum atomic E-state index is 14.0. The van der Waals surface area contributed by atoms with Crippen LogP contribution in [0.5, 0.6) is 0 Å². The first kappa shape index (κ1) is 31.9. The van der Waals surface area contributed by atoms with Crippen molar-refractivity contribution >= 4 is 47.5 Å². The van der Waals surface area contributed by atoms with Gasteiger partial charge in [-0.25, -0.2) is 0 Å². The Balaban J connectivity index is 1.60. The molecular formula is C30H32N3O8P. The SMILES string of the molecule is C[C@H](NC(=O)C(=O)NCCc1ccccc1)C(=O)N[C@@H](CC(=O)O)C(=O)COP(=O)(c1ccccc1)c1ccccc1. The Morgan fingerprint density at radius 2 is 1.31 bits per heavy atom. The lowest BCUT2D eigenvalue weighted by Crippen LogP contribution is -2.53. The van der Waals surface area contributed by atoms with E-state index in [1.54, 1.807) is 60.7 Å². The molecule has 0 saturated heterocycles. The second kappa shape index (κ2) is 15.4. The van der Waals surface area contributed by atoms with Crippen LogP contribution < -0.4 is 26.6 Å². The molecule has 0 aromatic heterocycles. The number of amides is 3. The quantitative estimate of drug-likeness (QED) is 0.160. The average Bonchev–Trinajstić information content (AvgIpc) is 3.00. The maximum Gasteiger partial charge on any atom is 0.309 e. The first-order chi connectivity index (χ1) is 20.1. The summed E-state index contributed by atoms with van der Waals surface area (Å²) >= 11 is 0. The van der Waals surface area contributed by atoms with Crippen molar-refractivity contribution in [2.45, 2.75) is 31.8 Å². The highest BCUT2D eigenvalue weighted by Gasteiger charge is 2.32. The van der Waals surface area contributed by atoms with Gasteiger partial charge in [-0.3, -0.25) is 28.5 Å². The number of benzene rings is 3. The van der Waals surface area contributed by atoms with Crippen molar-refractivity contribution in [1.29, 1.82) is 0 Å². The topological polar surface area (TPSA) is 168 Å². The summed E-state index contributed by atoms with van der Waals surface area (Å²) in [5.41, 5.74) is 0.966. The molecule has 0 heterocycles. The van der Waals surface area contributed by atoms with Crippen molar-refractivity contribution in [3.63, 3.8) is 0 Å². The number of Topliss-reactive ketones (excluding diaryl/α,β-unsaturated/α-hetero) is 1. The van der Waals surface area contributed by atoms with Crippen molar-refractivity contribution in [2.24, 2.45) is 0 Å². The maximum absolute atomic E-state index is 14.0. The number of rotatable bonds is 14. The van der Waals surface area contributed by atoms with E-state index in [2.05, 4.69) is 16.0 Å². The van der Waals surface area contributed by atoms with Crippen LogP contribution in [0, 0.1) is 0 Å². The molecule has 4 N–H and O–H groups in total. The van der Waals surface area contributed by atoms with Gasteiger partial charge in [0.2, 0.25) is 5.91 Å². The van der Waals surface area contributed by atoms with Gasteiger partial charge in [-0.15, -0.1) is 0 Å². The zero-order valence-corrected chi connectivity index (χ0v) is 23.8. The molecule has 3 aromatic carbocycles. The highest BCUT2D eigenvalue weighted by atomic mass is 31.2. The number of nitrogens with one attached hydrogen (secondary N) is 3. The van der Waals surface area contributed by atoms with Gasteiger partial charge < -0.3 is 25.6 Å². The number of hydrogen-bond donors (Lipinski definition) is 4. The van der Waals surface area contributed by atoms with Crippen molar-refractivity contribution in [1.82, 2.24) is 16.0 Å². The summed E-state index contributed by atoms with van der Waals surface area (Å²) in [5.74, 6) is -5.13. The molecule has 0 bridgehead atoms. The van der Waals surface area contributed by atoms with Crippen LogP contribution in [-0.4, -0.2) is 59.8 Å². The van der Waals surface area contributed by atoms with Gasteiger partial charge in [0.15, 0.2) is 5.78 Å². The fourth-order valence-electron chi connectivity index (χ4n) is 3.89. The van der Waals surface area contributed by atoms with Gasteiger partial charge in [-0.2, -0.15) is 0 Å². The molecule has 0 aliphatic heterocycles. The molecule has 11 nitrogen and oxygen atoms in total. The molecule has 0 unspecified atom stereocenters. The lowest BCUT2D eigenvalue weighted by atomic mass is 10.1. The molecule has 0 radical (unpaired) electrons. The standard InChI is InChI=1S/C30H32N3O8P/c1-21(32-30(39)29(38)31-18-17-22-11-5-2-6-12-22)28(37)33-25(19-27(35)36)26(34)20-41-42(40,23-13-7-3-8-14-23)24-15-9-4-10-16-24/h2-16,21,25H,17-20H2,1H3,(H,31,38)(H,32,39)(H,33,37)(H,35,36)/t21-,25-/m0/s1. The normalized spacial score (nSPS) is 12.4. The second-order valence-corrected chi connectivity index (χ2v) is 11.7. The van der Waals surface area contributed by atoms with Crippen LogP contribution in [0.4, 0.5) is 0 Å². The smallest absolute Gasteiger partial charge is 0.309 e. The fourth-order valence-corrected chi connectivity index (χ4v) is 5.93. The van der Waals surface area contributed by atoms with Gasteiger partial charge in [0.25, 0.3) is 7.37 Å². The minimum atomic E-state index is -3.75. The van der Waals surface area contributed by atoms with E-state index in [-0.39, 0.29) is 6.54 Å². The molecular weight excluding hydrogens is 561 g/mol. The predicted octanol–water partition coefficient (Wildman–Crippen LogP) is 1.32. The highest BCUT2D eigenvalue weighted by molar-refractivity contribution is 7.74. The second-order valence-electron chi connectivity index (χ2n) is 9.31. The Kier molecular flexibility index (Phi) is 11.7. The van der Waals surface area contributed by atoms with Gasteiger partial charge >= 0.3 is 17.8 Å². The number of aliphatic carboxylic acids is 1. The van der Waals surface area contributed by atoms with E-state index in [1.807, 2.05) is 30.3 Å². The van der Waals surface area contributed by atoms with Crippen LogP contribution in [0.25, 0.3) is 0 Å². The summed E-state index contributed by atoms with van der Waals surface area (Å²) in [6.07, 6.45) is -0.284. The molecule has 3 amide bonds. The zero-order valence-electron chi connectivity index (χ0n) is 22.9. The third kappa shape index (κ3) is 9.22. The number of carbonyl (C=O) groups is 5. The van der Waals surface area contributed by atoms with E-state index in [4.69, 9.17) is 4.52 Å². The fraction of sp³-hybridized carbons (Fsp3) is 0.233. The molecule has 220 valence electrons. The molecule has 0 aliphatic carbocycles. The molecule has 0 saturated carbocycles. The highest BCUT2D eigenvalue weighted by Crippen LogP contribution is 2.44. The van der Waals surface area contributed by atoms with Crippen molar-refractivity contribution in [3.05, 3.63) is 96.6 Å². The molecule has 42 heavy (non-hydrogen) atoms. The van der Waals surface area contributed by atoms with E-state index >= 15 is 0 Å². The first-order valence-corrected chi connectivity index (χ1v) is 14.8. The summed E-state index contributed by atoms with van der Waals surface area (Å²) in [4.78, 5) is 61.7. The average molecular weight is 594 g/mol. The minimum Gasteiger partial charge on any atom is -0.481 e. The first-order valence-electron chi connectivity index (χ1n) is 13.1. The van der Waals surface area contributed by atoms with Crippen LogP contribution in [0.2, 0.25) is 0 Å². The summed E-state index contributed by atoms with van der Waals surface area (Å²) < 4.78 is 19.6. The summed E-state index contributed by atoms with van der Waals surface area (Å²) in [5, 5.41) is 17.0. The molecule has 0 spiro atoms. The lowest BCUT2D eigenvalue weighted by molar-refractivity contribution is -0.141.